The van der Waals surface area contributed by atoms with Crippen molar-refractivity contribution in [3.05, 3.63) is 23.7 Å². The molecule has 3 rings (SSSR count). The Labute approximate surface area is 140 Å². The summed E-state index contributed by atoms with van der Waals surface area (Å²) in [4.78, 5) is 2.64. The first-order chi connectivity index (χ1) is 9.34. The second kappa shape index (κ2) is 9.04. The number of hydrogen-bond acceptors (Lipinski definition) is 3. The maximum Gasteiger partial charge on any atom is 0.121 e. The van der Waals surface area contributed by atoms with E-state index in [0.717, 1.165) is 37.9 Å². The van der Waals surface area contributed by atoms with Crippen LogP contribution in [0, 0.1) is 12.8 Å². The number of nitrogens with one attached hydrogen (secondary N) is 1. The molecule has 2 heterocycles. The van der Waals surface area contributed by atoms with Gasteiger partial charge in [-0.15, -0.1) is 24.8 Å². The lowest BCUT2D eigenvalue weighted by molar-refractivity contribution is 0.0864. The second-order valence-corrected chi connectivity index (χ2v) is 6.08. The van der Waals surface area contributed by atoms with Crippen molar-refractivity contribution in [2.75, 3.05) is 26.2 Å². The Morgan fingerprint density at radius 1 is 1.10 bits per heavy atom. The minimum Gasteiger partial charge on any atom is -0.465 e. The highest BCUT2D eigenvalue weighted by atomic mass is 35.5. The van der Waals surface area contributed by atoms with Gasteiger partial charge in [-0.3, -0.25) is 4.90 Å². The largest absolute Gasteiger partial charge is 0.465 e. The molecule has 5 heteroatoms. The van der Waals surface area contributed by atoms with Crippen LogP contribution in [0.2, 0.25) is 0 Å². The van der Waals surface area contributed by atoms with Gasteiger partial charge >= 0.3 is 0 Å². The first-order valence-electron chi connectivity index (χ1n) is 7.86. The number of piperazine rings is 1. The zero-order valence-corrected chi connectivity index (χ0v) is 14.5. The molecule has 3 nitrogen and oxygen atoms in total. The molecule has 1 aliphatic carbocycles. The summed E-state index contributed by atoms with van der Waals surface area (Å²) >= 11 is 0. The predicted octanol–water partition coefficient (Wildman–Crippen LogP) is 3.96. The lowest BCUT2D eigenvalue weighted by atomic mass is 9.82. The molecule has 0 radical (unpaired) electrons. The molecule has 1 atom stereocenters. The van der Waals surface area contributed by atoms with E-state index in [1.165, 1.54) is 37.9 Å². The quantitative estimate of drug-likeness (QED) is 0.906. The Bertz CT molecular complexity index is 381. The average molecular weight is 335 g/mol. The highest BCUT2D eigenvalue weighted by Crippen LogP contribution is 2.39. The van der Waals surface area contributed by atoms with Crippen molar-refractivity contribution in [3.8, 4) is 0 Å². The highest BCUT2D eigenvalue weighted by molar-refractivity contribution is 5.85. The summed E-state index contributed by atoms with van der Waals surface area (Å²) in [6, 6.07) is 4.83. The van der Waals surface area contributed by atoms with Crippen molar-refractivity contribution < 1.29 is 4.42 Å². The van der Waals surface area contributed by atoms with Crippen molar-refractivity contribution in [1.82, 2.24) is 10.2 Å². The minimum absolute atomic E-state index is 0. The molecule has 0 amide bonds. The number of aryl methyl sites for hydroxylation is 1. The van der Waals surface area contributed by atoms with Gasteiger partial charge in [0, 0.05) is 26.2 Å². The normalized spacial score (nSPS) is 22.1. The Morgan fingerprint density at radius 3 is 2.33 bits per heavy atom. The summed E-state index contributed by atoms with van der Waals surface area (Å²) in [5.74, 6) is 3.04. The van der Waals surface area contributed by atoms with Crippen LogP contribution in [0.1, 0.15) is 49.7 Å². The molecule has 0 bridgehead atoms. The maximum absolute atomic E-state index is 5.99. The predicted molar refractivity (Wildman–Crippen MR) is 91.7 cm³/mol. The van der Waals surface area contributed by atoms with Crippen LogP contribution in [0.4, 0.5) is 0 Å². The van der Waals surface area contributed by atoms with Crippen molar-refractivity contribution in [2.45, 2.75) is 45.1 Å². The van der Waals surface area contributed by atoms with E-state index in [2.05, 4.69) is 29.3 Å². The highest BCUT2D eigenvalue weighted by Gasteiger charge is 2.32. The van der Waals surface area contributed by atoms with Gasteiger partial charge in [-0.25, -0.2) is 0 Å². The fourth-order valence-electron chi connectivity index (χ4n) is 3.73. The molecule has 2 fully saturated rings. The Hall–Kier alpha value is -0.220. The topological polar surface area (TPSA) is 28.4 Å². The van der Waals surface area contributed by atoms with Gasteiger partial charge in [0.1, 0.15) is 11.5 Å². The fraction of sp³-hybridized carbons (Fsp3) is 0.750. The lowest BCUT2D eigenvalue weighted by Gasteiger charge is -2.39. The van der Waals surface area contributed by atoms with Crippen molar-refractivity contribution in [3.63, 3.8) is 0 Å². The third-order valence-corrected chi connectivity index (χ3v) is 4.69. The van der Waals surface area contributed by atoms with E-state index < -0.39 is 0 Å². The summed E-state index contributed by atoms with van der Waals surface area (Å²) in [7, 11) is 0. The molecule has 122 valence electrons. The van der Waals surface area contributed by atoms with Crippen LogP contribution in [0.5, 0.6) is 0 Å². The monoisotopic (exact) mass is 334 g/mol. The molecule has 1 saturated carbocycles. The van der Waals surface area contributed by atoms with Crippen LogP contribution in [-0.4, -0.2) is 31.1 Å². The number of rotatable bonds is 3. The summed E-state index contributed by atoms with van der Waals surface area (Å²) < 4.78 is 5.99. The molecule has 1 saturated heterocycles. The molecular weight excluding hydrogens is 307 g/mol. The van der Waals surface area contributed by atoms with Crippen LogP contribution < -0.4 is 5.32 Å². The van der Waals surface area contributed by atoms with E-state index in [-0.39, 0.29) is 24.8 Å². The summed E-state index contributed by atoms with van der Waals surface area (Å²) in [5, 5.41) is 3.46. The van der Waals surface area contributed by atoms with Crippen LogP contribution in [-0.2, 0) is 0 Å². The number of halogens is 2. The third kappa shape index (κ3) is 4.62. The number of hydrogen-bond donors (Lipinski definition) is 1. The molecule has 21 heavy (non-hydrogen) atoms. The van der Waals surface area contributed by atoms with Gasteiger partial charge in [0.2, 0.25) is 0 Å². The first kappa shape index (κ1) is 18.8. The van der Waals surface area contributed by atoms with E-state index in [1.54, 1.807) is 0 Å². The SMILES string of the molecule is Cc1ccc([C@@H](C2CCCCC2)N2CCNCC2)o1.Cl.Cl. The molecule has 0 aromatic carbocycles. The van der Waals surface area contributed by atoms with Crippen molar-refractivity contribution in [1.29, 1.82) is 0 Å². The van der Waals surface area contributed by atoms with Gasteiger partial charge in [0.05, 0.1) is 6.04 Å². The molecule has 1 aromatic heterocycles. The van der Waals surface area contributed by atoms with Gasteiger partial charge in [0.25, 0.3) is 0 Å². The van der Waals surface area contributed by atoms with Gasteiger partial charge in [-0.05, 0) is 37.8 Å². The second-order valence-electron chi connectivity index (χ2n) is 6.08. The Morgan fingerprint density at radius 2 is 1.76 bits per heavy atom. The van der Waals surface area contributed by atoms with Crippen LogP contribution in [0.15, 0.2) is 16.5 Å². The van der Waals surface area contributed by atoms with E-state index in [4.69, 9.17) is 4.42 Å². The average Bonchev–Trinajstić information content (AvgIpc) is 2.88. The van der Waals surface area contributed by atoms with Crippen LogP contribution in [0.3, 0.4) is 0 Å². The molecule has 1 N–H and O–H groups in total. The van der Waals surface area contributed by atoms with Crippen LogP contribution >= 0.6 is 24.8 Å². The smallest absolute Gasteiger partial charge is 0.121 e. The zero-order valence-electron chi connectivity index (χ0n) is 12.8. The Balaban J connectivity index is 0.00000110. The van der Waals surface area contributed by atoms with E-state index in [1.807, 2.05) is 0 Å². The third-order valence-electron chi connectivity index (χ3n) is 4.69. The lowest BCUT2D eigenvalue weighted by Crippen LogP contribution is -2.47. The summed E-state index contributed by atoms with van der Waals surface area (Å²) in [5.41, 5.74) is 0. The maximum atomic E-state index is 5.99. The van der Waals surface area contributed by atoms with Crippen LogP contribution in [0.25, 0.3) is 0 Å². The molecule has 2 aliphatic rings. The number of nitrogens with zero attached hydrogens (tertiary/aromatic N) is 1. The van der Waals surface area contributed by atoms with E-state index in [9.17, 15) is 0 Å². The van der Waals surface area contributed by atoms with Gasteiger partial charge in [-0.2, -0.15) is 0 Å². The fourth-order valence-corrected chi connectivity index (χ4v) is 3.73. The van der Waals surface area contributed by atoms with E-state index >= 15 is 0 Å². The van der Waals surface area contributed by atoms with Gasteiger partial charge < -0.3 is 9.73 Å². The Kier molecular flexibility index (Phi) is 8.10. The number of furan rings is 1. The van der Waals surface area contributed by atoms with Gasteiger partial charge in [0.15, 0.2) is 0 Å². The van der Waals surface area contributed by atoms with E-state index in [0.29, 0.717) is 6.04 Å². The summed E-state index contributed by atoms with van der Waals surface area (Å²) in [6.07, 6.45) is 6.95. The van der Waals surface area contributed by atoms with Crippen molar-refractivity contribution in [2.24, 2.45) is 5.92 Å². The standard InChI is InChI=1S/C16H26N2O.2ClH/c1-13-7-8-15(19-13)16(14-5-3-2-4-6-14)18-11-9-17-10-12-18;;/h7-8,14,16-17H,2-6,9-12H2,1H3;2*1H/t16-;;/m1../s1. The molecule has 0 unspecified atom stereocenters. The zero-order chi connectivity index (χ0) is 13.1. The molecular formula is C16H28Cl2N2O. The minimum atomic E-state index is 0. The molecule has 1 aliphatic heterocycles. The summed E-state index contributed by atoms with van der Waals surface area (Å²) in [6.45, 7) is 6.59. The van der Waals surface area contributed by atoms with Gasteiger partial charge in [-0.1, -0.05) is 19.3 Å². The molecule has 1 aromatic rings. The molecule has 0 spiro atoms. The first-order valence-corrected chi connectivity index (χ1v) is 7.86. The van der Waals surface area contributed by atoms with Crippen molar-refractivity contribution >= 4 is 24.8 Å².